The van der Waals surface area contributed by atoms with E-state index in [2.05, 4.69) is 10.3 Å². The highest BCUT2D eigenvalue weighted by Crippen LogP contribution is 2.25. The molecule has 6 nitrogen and oxygen atoms in total. The van der Waals surface area contributed by atoms with E-state index >= 15 is 0 Å². The molecule has 0 aliphatic carbocycles. The summed E-state index contributed by atoms with van der Waals surface area (Å²) in [5, 5.41) is 3.19. The van der Waals surface area contributed by atoms with Gasteiger partial charge in [0.1, 0.15) is 11.6 Å². The third-order valence-electron chi connectivity index (χ3n) is 4.20. The summed E-state index contributed by atoms with van der Waals surface area (Å²) in [6.07, 6.45) is 1.55. The Morgan fingerprint density at radius 3 is 2.61 bits per heavy atom. The molecule has 2 aromatic carbocycles. The van der Waals surface area contributed by atoms with E-state index < -0.39 is 11.4 Å². The number of methoxy groups -OCH3 is 2. The summed E-state index contributed by atoms with van der Waals surface area (Å²) in [4.78, 5) is 16.3. The lowest BCUT2D eigenvalue weighted by molar-refractivity contribution is 0.402. The first kappa shape index (κ1) is 19.7. The van der Waals surface area contributed by atoms with Crippen molar-refractivity contribution in [2.45, 2.75) is 13.5 Å². The Balaban J connectivity index is 2.01. The highest BCUT2D eigenvalue weighted by atomic mass is 35.5. The molecule has 8 heteroatoms. The molecule has 0 atom stereocenters. The van der Waals surface area contributed by atoms with Crippen molar-refractivity contribution in [2.24, 2.45) is 0 Å². The molecule has 1 heterocycles. The number of hydrogen-bond acceptors (Lipinski definition) is 5. The zero-order valence-electron chi connectivity index (χ0n) is 15.6. The number of nitrogens with zero attached hydrogens (tertiary/aromatic N) is 2. The molecule has 1 aromatic heterocycles. The molecular weight excluding hydrogens is 385 g/mol. The highest BCUT2D eigenvalue weighted by molar-refractivity contribution is 6.30. The summed E-state index contributed by atoms with van der Waals surface area (Å²) in [6, 6.07) is 9.96. The molecule has 28 heavy (non-hydrogen) atoms. The minimum Gasteiger partial charge on any atom is -0.497 e. The monoisotopic (exact) mass is 403 g/mol. The van der Waals surface area contributed by atoms with Crippen LogP contribution in [-0.2, 0) is 6.54 Å². The number of aryl methyl sites for hydroxylation is 1. The van der Waals surface area contributed by atoms with Gasteiger partial charge in [0, 0.05) is 5.69 Å². The smallest absolute Gasteiger partial charge is 0.316 e. The summed E-state index contributed by atoms with van der Waals surface area (Å²) in [7, 11) is 3.00. The van der Waals surface area contributed by atoms with Crippen LogP contribution < -0.4 is 20.3 Å². The molecule has 146 valence electrons. The Morgan fingerprint density at radius 2 is 1.96 bits per heavy atom. The molecule has 0 aliphatic rings. The fourth-order valence-electron chi connectivity index (χ4n) is 2.69. The number of ether oxygens (including phenoxy) is 2. The Morgan fingerprint density at radius 1 is 1.18 bits per heavy atom. The molecule has 3 aromatic rings. The molecule has 0 aliphatic heterocycles. The standard InChI is InChI=1S/C20H19ClFN3O3/c1-12-8-14(27-2)5-7-17(12)23-20-24-19(26)18(28-3)11-25(20)10-13-4-6-16(22)15(21)9-13/h4-9,11H,10H2,1-3H3,(H,23,24,26). The summed E-state index contributed by atoms with van der Waals surface area (Å²) in [5.74, 6) is 0.655. The Bertz CT molecular complexity index is 1070. The zero-order chi connectivity index (χ0) is 20.3. The van der Waals surface area contributed by atoms with Gasteiger partial charge in [0.25, 0.3) is 0 Å². The van der Waals surface area contributed by atoms with Gasteiger partial charge < -0.3 is 19.4 Å². The molecule has 0 spiro atoms. The van der Waals surface area contributed by atoms with Gasteiger partial charge >= 0.3 is 5.56 Å². The highest BCUT2D eigenvalue weighted by Gasteiger charge is 2.12. The van der Waals surface area contributed by atoms with Gasteiger partial charge in [0.15, 0.2) is 0 Å². The van der Waals surface area contributed by atoms with Gasteiger partial charge in [0.2, 0.25) is 11.7 Å². The van der Waals surface area contributed by atoms with Crippen molar-refractivity contribution in [3.05, 3.63) is 74.9 Å². The lowest BCUT2D eigenvalue weighted by atomic mass is 10.2. The minimum atomic E-state index is -0.496. The SMILES string of the molecule is COc1ccc(Nc2nc(=O)c(OC)cn2Cc2ccc(F)c(Cl)c2)c(C)c1. The van der Waals surface area contributed by atoms with E-state index in [0.29, 0.717) is 12.5 Å². The van der Waals surface area contributed by atoms with Crippen molar-refractivity contribution in [3.8, 4) is 11.5 Å². The molecule has 0 fully saturated rings. The maximum atomic E-state index is 13.4. The van der Waals surface area contributed by atoms with E-state index in [4.69, 9.17) is 21.1 Å². The summed E-state index contributed by atoms with van der Waals surface area (Å²) >= 11 is 5.88. The molecule has 0 unspecified atom stereocenters. The minimum absolute atomic E-state index is 0.0268. The average Bonchev–Trinajstić information content (AvgIpc) is 2.68. The number of anilines is 2. The Kier molecular flexibility index (Phi) is 5.84. The molecule has 0 bridgehead atoms. The fraction of sp³-hybridized carbons (Fsp3) is 0.200. The second-order valence-corrected chi connectivity index (χ2v) is 6.53. The number of halogens is 2. The fourth-order valence-corrected chi connectivity index (χ4v) is 2.90. The Labute approximate surface area is 166 Å². The van der Waals surface area contributed by atoms with Crippen LogP contribution in [0.5, 0.6) is 11.5 Å². The summed E-state index contributed by atoms with van der Waals surface area (Å²) in [6.45, 7) is 2.22. The second kappa shape index (κ2) is 8.31. The van der Waals surface area contributed by atoms with Crippen LogP contribution in [0, 0.1) is 12.7 Å². The van der Waals surface area contributed by atoms with Gasteiger partial charge in [-0.3, -0.25) is 4.79 Å². The van der Waals surface area contributed by atoms with Gasteiger partial charge in [-0.2, -0.15) is 4.98 Å². The van der Waals surface area contributed by atoms with Crippen molar-refractivity contribution in [3.63, 3.8) is 0 Å². The number of benzene rings is 2. The summed E-state index contributed by atoms with van der Waals surface area (Å²) in [5.41, 5.74) is 1.93. The topological polar surface area (TPSA) is 65.4 Å². The Hall–Kier alpha value is -3.06. The van der Waals surface area contributed by atoms with E-state index in [1.165, 1.54) is 19.2 Å². The maximum absolute atomic E-state index is 13.4. The lowest BCUT2D eigenvalue weighted by Crippen LogP contribution is -2.19. The van der Waals surface area contributed by atoms with Crippen LogP contribution in [0.4, 0.5) is 16.0 Å². The van der Waals surface area contributed by atoms with Gasteiger partial charge in [-0.1, -0.05) is 17.7 Å². The van der Waals surface area contributed by atoms with Crippen molar-refractivity contribution in [2.75, 3.05) is 19.5 Å². The zero-order valence-corrected chi connectivity index (χ0v) is 16.4. The number of aromatic nitrogens is 2. The molecule has 1 N–H and O–H groups in total. The molecule has 3 rings (SSSR count). The van der Waals surface area contributed by atoms with Crippen molar-refractivity contribution < 1.29 is 13.9 Å². The third-order valence-corrected chi connectivity index (χ3v) is 4.49. The molecule has 0 amide bonds. The average molecular weight is 404 g/mol. The van der Waals surface area contributed by atoms with E-state index in [9.17, 15) is 9.18 Å². The van der Waals surface area contributed by atoms with Crippen LogP contribution in [0.25, 0.3) is 0 Å². The number of hydrogen-bond donors (Lipinski definition) is 1. The first-order valence-electron chi connectivity index (χ1n) is 8.42. The first-order valence-corrected chi connectivity index (χ1v) is 8.80. The van der Waals surface area contributed by atoms with Gasteiger partial charge in [-0.25, -0.2) is 4.39 Å². The predicted molar refractivity (Wildman–Crippen MR) is 107 cm³/mol. The second-order valence-electron chi connectivity index (χ2n) is 6.12. The van der Waals surface area contributed by atoms with Crippen LogP contribution in [0.1, 0.15) is 11.1 Å². The van der Waals surface area contributed by atoms with E-state index in [1.807, 2.05) is 19.1 Å². The predicted octanol–water partition coefficient (Wildman–Crippen LogP) is 4.15. The van der Waals surface area contributed by atoms with E-state index in [0.717, 1.165) is 22.6 Å². The van der Waals surface area contributed by atoms with Crippen molar-refractivity contribution >= 4 is 23.2 Å². The largest absolute Gasteiger partial charge is 0.497 e. The normalized spacial score (nSPS) is 10.6. The van der Waals surface area contributed by atoms with Crippen LogP contribution in [0.2, 0.25) is 5.02 Å². The number of rotatable bonds is 6. The van der Waals surface area contributed by atoms with E-state index in [-0.39, 0.29) is 10.8 Å². The van der Waals surface area contributed by atoms with Crippen LogP contribution in [-0.4, -0.2) is 23.8 Å². The van der Waals surface area contributed by atoms with Crippen LogP contribution in [0.3, 0.4) is 0 Å². The van der Waals surface area contributed by atoms with Crippen LogP contribution in [0.15, 0.2) is 47.4 Å². The van der Waals surface area contributed by atoms with Crippen LogP contribution >= 0.6 is 11.6 Å². The molecule has 0 saturated heterocycles. The third kappa shape index (κ3) is 4.26. The quantitative estimate of drug-likeness (QED) is 0.669. The van der Waals surface area contributed by atoms with Crippen molar-refractivity contribution in [1.82, 2.24) is 9.55 Å². The lowest BCUT2D eigenvalue weighted by Gasteiger charge is -2.17. The molecular formula is C20H19ClFN3O3. The molecule has 0 radical (unpaired) electrons. The number of nitrogens with one attached hydrogen (secondary N) is 1. The van der Waals surface area contributed by atoms with E-state index in [1.54, 1.807) is 30.0 Å². The maximum Gasteiger partial charge on any atom is 0.316 e. The van der Waals surface area contributed by atoms with Crippen molar-refractivity contribution in [1.29, 1.82) is 0 Å². The van der Waals surface area contributed by atoms with Gasteiger partial charge in [0.05, 0.1) is 32.0 Å². The van der Waals surface area contributed by atoms with Gasteiger partial charge in [-0.15, -0.1) is 0 Å². The van der Waals surface area contributed by atoms with Gasteiger partial charge in [-0.05, 0) is 48.4 Å². The first-order chi connectivity index (χ1) is 13.4. The molecule has 0 saturated carbocycles. The summed E-state index contributed by atoms with van der Waals surface area (Å²) < 4.78 is 25.5.